The van der Waals surface area contributed by atoms with Gasteiger partial charge in [0.2, 0.25) is 10.0 Å². The number of benzene rings is 2. The molecule has 3 rings (SSSR count). The fourth-order valence-corrected chi connectivity index (χ4v) is 4.59. The smallest absolute Gasteiger partial charge is 0.253 e. The first-order valence-corrected chi connectivity index (χ1v) is 10.3. The minimum Gasteiger partial charge on any atom is -0.336 e. The van der Waals surface area contributed by atoms with E-state index < -0.39 is 15.8 Å². The molecule has 0 aliphatic carbocycles. The van der Waals surface area contributed by atoms with Gasteiger partial charge in [-0.2, -0.15) is 4.31 Å². The van der Waals surface area contributed by atoms with Gasteiger partial charge < -0.3 is 4.90 Å². The molecule has 1 aliphatic rings. The van der Waals surface area contributed by atoms with Gasteiger partial charge >= 0.3 is 0 Å². The van der Waals surface area contributed by atoms with Crippen LogP contribution in [-0.4, -0.2) is 49.7 Å². The molecule has 5 nitrogen and oxygen atoms in total. The summed E-state index contributed by atoms with van der Waals surface area (Å²) in [6, 6.07) is 10.3. The molecule has 8 heteroatoms. The first-order valence-electron chi connectivity index (χ1n) is 8.10. The predicted octanol–water partition coefficient (Wildman–Crippen LogP) is 3.04. The van der Waals surface area contributed by atoms with E-state index in [1.54, 1.807) is 23.1 Å². The molecule has 1 amide bonds. The van der Waals surface area contributed by atoms with Crippen molar-refractivity contribution < 1.29 is 17.6 Å². The topological polar surface area (TPSA) is 57.7 Å². The molecule has 1 heterocycles. The summed E-state index contributed by atoms with van der Waals surface area (Å²) in [6.07, 6.45) is 0. The largest absolute Gasteiger partial charge is 0.336 e. The number of hydrogen-bond donors (Lipinski definition) is 0. The van der Waals surface area contributed by atoms with E-state index >= 15 is 0 Å². The summed E-state index contributed by atoms with van der Waals surface area (Å²) in [7, 11) is -3.60. The maximum absolute atomic E-state index is 13.0. The van der Waals surface area contributed by atoms with E-state index in [1.807, 2.05) is 6.92 Å². The van der Waals surface area contributed by atoms with E-state index in [2.05, 4.69) is 15.9 Å². The summed E-state index contributed by atoms with van der Waals surface area (Å²) < 4.78 is 40.8. The number of rotatable bonds is 3. The number of aryl methyl sites for hydroxylation is 1. The average Bonchev–Trinajstić information content (AvgIpc) is 2.64. The average molecular weight is 441 g/mol. The van der Waals surface area contributed by atoms with Crippen molar-refractivity contribution in [1.82, 2.24) is 9.21 Å². The lowest BCUT2D eigenvalue weighted by molar-refractivity contribution is 0.0698. The highest BCUT2D eigenvalue weighted by Crippen LogP contribution is 2.23. The van der Waals surface area contributed by atoms with Crippen molar-refractivity contribution in [2.24, 2.45) is 0 Å². The molecule has 0 spiro atoms. The quantitative estimate of drug-likeness (QED) is 0.736. The van der Waals surface area contributed by atoms with E-state index in [1.165, 1.54) is 28.6 Å². The first-order chi connectivity index (χ1) is 12.3. The molecule has 26 heavy (non-hydrogen) atoms. The monoisotopic (exact) mass is 440 g/mol. The highest BCUT2D eigenvalue weighted by atomic mass is 79.9. The van der Waals surface area contributed by atoms with Crippen LogP contribution in [0.25, 0.3) is 0 Å². The maximum Gasteiger partial charge on any atom is 0.253 e. The van der Waals surface area contributed by atoms with Crippen LogP contribution in [0.2, 0.25) is 0 Å². The zero-order valence-corrected chi connectivity index (χ0v) is 16.6. The number of carbonyl (C=O) groups excluding carboxylic acids is 1. The van der Waals surface area contributed by atoms with Gasteiger partial charge in [0.25, 0.3) is 5.91 Å². The van der Waals surface area contributed by atoms with Gasteiger partial charge in [-0.15, -0.1) is 0 Å². The molecule has 2 aromatic rings. The Labute approximate surface area is 160 Å². The predicted molar refractivity (Wildman–Crippen MR) is 99.9 cm³/mol. The molecule has 0 bridgehead atoms. The van der Waals surface area contributed by atoms with E-state index in [4.69, 9.17) is 0 Å². The molecule has 0 N–H and O–H groups in total. The first kappa shape index (κ1) is 19.0. The van der Waals surface area contributed by atoms with Crippen molar-refractivity contribution in [3.8, 4) is 0 Å². The van der Waals surface area contributed by atoms with Crippen molar-refractivity contribution >= 4 is 31.9 Å². The zero-order valence-electron chi connectivity index (χ0n) is 14.2. The number of halogens is 2. The fraction of sp³-hybridized carbons (Fsp3) is 0.278. The molecule has 2 aromatic carbocycles. The highest BCUT2D eigenvalue weighted by Gasteiger charge is 2.30. The van der Waals surface area contributed by atoms with Crippen LogP contribution in [0.15, 0.2) is 51.8 Å². The molecule has 0 unspecified atom stereocenters. The van der Waals surface area contributed by atoms with Crippen LogP contribution in [0, 0.1) is 12.7 Å². The second-order valence-electron chi connectivity index (χ2n) is 6.11. The Morgan fingerprint density at radius 1 is 1.04 bits per heavy atom. The molecular weight excluding hydrogens is 423 g/mol. The molecule has 1 fully saturated rings. The second-order valence-corrected chi connectivity index (χ2v) is 8.91. The summed E-state index contributed by atoms with van der Waals surface area (Å²) in [6.45, 7) is 2.88. The minimum absolute atomic E-state index is 0.221. The molecule has 0 aromatic heterocycles. The van der Waals surface area contributed by atoms with Crippen LogP contribution in [0.4, 0.5) is 4.39 Å². The number of carbonyl (C=O) groups is 1. The van der Waals surface area contributed by atoms with Gasteiger partial charge in [0.15, 0.2) is 0 Å². The van der Waals surface area contributed by atoms with Crippen LogP contribution in [0.5, 0.6) is 0 Å². The number of amides is 1. The lowest BCUT2D eigenvalue weighted by Gasteiger charge is -2.34. The molecule has 1 saturated heterocycles. The summed E-state index contributed by atoms with van der Waals surface area (Å²) in [5.41, 5.74) is 1.24. The van der Waals surface area contributed by atoms with Gasteiger partial charge in [-0.1, -0.05) is 15.9 Å². The van der Waals surface area contributed by atoms with Gasteiger partial charge in [-0.3, -0.25) is 4.79 Å². The third kappa shape index (κ3) is 3.82. The van der Waals surface area contributed by atoms with Gasteiger partial charge in [-0.25, -0.2) is 12.8 Å². The third-order valence-electron chi connectivity index (χ3n) is 4.38. The van der Waals surface area contributed by atoms with Crippen molar-refractivity contribution in [1.29, 1.82) is 0 Å². The van der Waals surface area contributed by atoms with E-state index in [0.717, 1.165) is 10.0 Å². The summed E-state index contributed by atoms with van der Waals surface area (Å²) in [5.74, 6) is -0.621. The van der Waals surface area contributed by atoms with Crippen molar-refractivity contribution in [3.05, 3.63) is 63.9 Å². The number of nitrogens with zero attached hydrogens (tertiary/aromatic N) is 2. The zero-order chi connectivity index (χ0) is 18.9. The Morgan fingerprint density at radius 3 is 2.23 bits per heavy atom. The summed E-state index contributed by atoms with van der Waals surface area (Å²) in [5, 5.41) is 0. The van der Waals surface area contributed by atoms with E-state index in [-0.39, 0.29) is 23.9 Å². The maximum atomic E-state index is 13.0. The van der Waals surface area contributed by atoms with E-state index in [9.17, 15) is 17.6 Å². The SMILES string of the molecule is Cc1cc(S(=O)(=O)N2CCN(C(=O)c3ccc(F)cc3)CC2)ccc1Br. The third-order valence-corrected chi connectivity index (χ3v) is 7.17. The van der Waals surface area contributed by atoms with Crippen LogP contribution in [0.1, 0.15) is 15.9 Å². The van der Waals surface area contributed by atoms with Gasteiger partial charge in [0.1, 0.15) is 5.82 Å². The Morgan fingerprint density at radius 2 is 1.65 bits per heavy atom. The van der Waals surface area contributed by atoms with Gasteiger partial charge in [-0.05, 0) is 55.0 Å². The standard InChI is InChI=1S/C18H18BrFN2O3S/c1-13-12-16(6-7-17(13)19)26(24,25)22-10-8-21(9-11-22)18(23)14-2-4-15(20)5-3-14/h2-7,12H,8-11H2,1H3. The van der Waals surface area contributed by atoms with Gasteiger partial charge in [0.05, 0.1) is 4.90 Å². The lowest BCUT2D eigenvalue weighted by atomic mass is 10.2. The highest BCUT2D eigenvalue weighted by molar-refractivity contribution is 9.10. The van der Waals surface area contributed by atoms with Crippen LogP contribution in [0.3, 0.4) is 0 Å². The molecule has 1 aliphatic heterocycles. The van der Waals surface area contributed by atoms with Crippen molar-refractivity contribution in [3.63, 3.8) is 0 Å². The van der Waals surface area contributed by atoms with E-state index in [0.29, 0.717) is 18.7 Å². The van der Waals surface area contributed by atoms with Crippen LogP contribution >= 0.6 is 15.9 Å². The summed E-state index contributed by atoms with van der Waals surface area (Å²) >= 11 is 3.37. The molecule has 0 radical (unpaired) electrons. The summed E-state index contributed by atoms with van der Waals surface area (Å²) in [4.78, 5) is 14.3. The number of piperazine rings is 1. The molecule has 0 saturated carbocycles. The van der Waals surface area contributed by atoms with Gasteiger partial charge in [0, 0.05) is 36.2 Å². The Balaban J connectivity index is 1.70. The van der Waals surface area contributed by atoms with Crippen molar-refractivity contribution in [2.45, 2.75) is 11.8 Å². The number of hydrogen-bond acceptors (Lipinski definition) is 3. The Hall–Kier alpha value is -1.77. The van der Waals surface area contributed by atoms with Crippen LogP contribution in [-0.2, 0) is 10.0 Å². The molecular formula is C18H18BrFN2O3S. The Bertz CT molecular complexity index is 924. The Kier molecular flexibility index (Phi) is 5.45. The fourth-order valence-electron chi connectivity index (χ4n) is 2.83. The molecule has 0 atom stereocenters. The molecule has 138 valence electrons. The lowest BCUT2D eigenvalue weighted by Crippen LogP contribution is -2.50. The second kappa shape index (κ2) is 7.46. The minimum atomic E-state index is -3.60. The normalized spacial score (nSPS) is 15.9. The van der Waals surface area contributed by atoms with Crippen molar-refractivity contribution in [2.75, 3.05) is 26.2 Å². The number of sulfonamides is 1. The van der Waals surface area contributed by atoms with Crippen LogP contribution < -0.4 is 0 Å².